The summed E-state index contributed by atoms with van der Waals surface area (Å²) >= 11 is 0. The zero-order chi connectivity index (χ0) is 20.5. The molecule has 29 heavy (non-hydrogen) atoms. The maximum absolute atomic E-state index is 13.2. The van der Waals surface area contributed by atoms with Crippen molar-refractivity contribution in [3.8, 4) is 5.69 Å². The van der Waals surface area contributed by atoms with Crippen LogP contribution in [0.3, 0.4) is 0 Å². The largest absolute Gasteiger partial charge is 0.383 e. The van der Waals surface area contributed by atoms with E-state index in [0.29, 0.717) is 30.8 Å². The third kappa shape index (κ3) is 3.46. The van der Waals surface area contributed by atoms with Gasteiger partial charge in [-0.25, -0.2) is 14.1 Å². The molecule has 1 amide bonds. The lowest BCUT2D eigenvalue weighted by atomic mass is 10.0. The molecule has 9 heteroatoms. The fraction of sp³-hybridized carbons (Fsp3) is 0.250. The Morgan fingerprint density at radius 2 is 1.90 bits per heavy atom. The highest BCUT2D eigenvalue weighted by Crippen LogP contribution is 2.26. The summed E-state index contributed by atoms with van der Waals surface area (Å²) in [5.74, 6) is -0.842. The topological polar surface area (TPSA) is 107 Å². The summed E-state index contributed by atoms with van der Waals surface area (Å²) in [5.41, 5.74) is 7.83. The number of hydrogen-bond acceptors (Lipinski definition) is 6. The minimum Gasteiger partial charge on any atom is -0.383 e. The molecule has 3 aromatic rings. The molecule has 0 saturated carbocycles. The van der Waals surface area contributed by atoms with E-state index in [-0.39, 0.29) is 34.6 Å². The van der Waals surface area contributed by atoms with Gasteiger partial charge in [0.25, 0.3) is 5.91 Å². The smallest absolute Gasteiger partial charge is 0.274 e. The zero-order valence-corrected chi connectivity index (χ0v) is 15.7. The molecule has 148 valence electrons. The molecule has 0 bridgehead atoms. The number of carbonyl (C=O) groups excluding carboxylic acids is 2. The van der Waals surface area contributed by atoms with Gasteiger partial charge in [-0.2, -0.15) is 5.10 Å². The van der Waals surface area contributed by atoms with Crippen LogP contribution in [0, 0.1) is 12.7 Å². The SMILES string of the molecule is Cc1cnc(C(=O)N2CCC[C@@H]2C(=O)c2cnn(-c3ccc(F)cc3)c2N)cn1. The summed E-state index contributed by atoms with van der Waals surface area (Å²) in [6.07, 6.45) is 5.55. The molecule has 0 spiro atoms. The van der Waals surface area contributed by atoms with Crippen molar-refractivity contribution in [1.29, 1.82) is 0 Å². The van der Waals surface area contributed by atoms with E-state index >= 15 is 0 Å². The third-order valence-corrected chi connectivity index (χ3v) is 4.96. The molecule has 1 atom stereocenters. The van der Waals surface area contributed by atoms with E-state index in [1.807, 2.05) is 0 Å². The summed E-state index contributed by atoms with van der Waals surface area (Å²) in [5, 5.41) is 4.17. The van der Waals surface area contributed by atoms with E-state index in [4.69, 9.17) is 5.73 Å². The molecule has 1 aliphatic heterocycles. The number of hydrogen-bond donors (Lipinski definition) is 1. The maximum atomic E-state index is 13.2. The number of carbonyl (C=O) groups is 2. The van der Waals surface area contributed by atoms with Crippen LogP contribution in [-0.2, 0) is 0 Å². The minimum absolute atomic E-state index is 0.149. The van der Waals surface area contributed by atoms with Gasteiger partial charge >= 0.3 is 0 Å². The van der Waals surface area contributed by atoms with Crippen molar-refractivity contribution in [2.45, 2.75) is 25.8 Å². The van der Waals surface area contributed by atoms with Crippen molar-refractivity contribution >= 4 is 17.5 Å². The van der Waals surface area contributed by atoms with Gasteiger partial charge in [0.05, 0.1) is 35.4 Å². The molecule has 2 aromatic heterocycles. The molecule has 1 aliphatic rings. The molecule has 1 aromatic carbocycles. The number of benzene rings is 1. The molecule has 2 N–H and O–H groups in total. The lowest BCUT2D eigenvalue weighted by Gasteiger charge is -2.23. The number of amides is 1. The van der Waals surface area contributed by atoms with Crippen molar-refractivity contribution in [1.82, 2.24) is 24.6 Å². The maximum Gasteiger partial charge on any atom is 0.274 e. The Hall–Kier alpha value is -3.62. The molecule has 3 heterocycles. The number of nitrogens with two attached hydrogens (primary N) is 1. The molecular formula is C20H19FN6O2. The van der Waals surface area contributed by atoms with Crippen molar-refractivity contribution < 1.29 is 14.0 Å². The van der Waals surface area contributed by atoms with Gasteiger partial charge in [0, 0.05) is 12.7 Å². The monoisotopic (exact) mass is 394 g/mol. The van der Waals surface area contributed by atoms with Crippen molar-refractivity contribution in [2.24, 2.45) is 0 Å². The number of likely N-dealkylation sites (tertiary alicyclic amines) is 1. The second kappa shape index (κ2) is 7.42. The number of halogens is 1. The van der Waals surface area contributed by atoms with Crippen LogP contribution < -0.4 is 5.73 Å². The van der Waals surface area contributed by atoms with Crippen LogP contribution >= 0.6 is 0 Å². The van der Waals surface area contributed by atoms with Crippen LogP contribution in [0.1, 0.15) is 39.4 Å². The van der Waals surface area contributed by atoms with E-state index in [1.165, 1.54) is 52.4 Å². The Bertz CT molecular complexity index is 1060. The molecule has 0 radical (unpaired) electrons. The highest BCUT2D eigenvalue weighted by Gasteiger charge is 2.37. The van der Waals surface area contributed by atoms with E-state index in [2.05, 4.69) is 15.1 Å². The number of Topliss-reactive ketones (excluding diaryl/α,β-unsaturated/α-hetero) is 1. The standard InChI is InChI=1S/C20H19FN6O2/c1-12-9-24-16(11-23-12)20(29)26-8-2-3-17(26)18(28)15-10-25-27(19(15)22)14-6-4-13(21)5-7-14/h4-7,9-11,17H,2-3,8,22H2,1H3/t17-/m1/s1. The minimum atomic E-state index is -0.640. The summed E-state index contributed by atoms with van der Waals surface area (Å²) in [6.45, 7) is 2.24. The molecule has 8 nitrogen and oxygen atoms in total. The Morgan fingerprint density at radius 3 is 2.59 bits per heavy atom. The quantitative estimate of drug-likeness (QED) is 0.680. The number of anilines is 1. The first-order valence-corrected chi connectivity index (χ1v) is 9.19. The summed E-state index contributed by atoms with van der Waals surface area (Å²) in [6, 6.07) is 4.98. The fourth-order valence-corrected chi connectivity index (χ4v) is 3.45. The highest BCUT2D eigenvalue weighted by atomic mass is 19.1. The average Bonchev–Trinajstić information content (AvgIpc) is 3.35. The van der Waals surface area contributed by atoms with Gasteiger partial charge in [-0.15, -0.1) is 0 Å². The summed E-state index contributed by atoms with van der Waals surface area (Å²) < 4.78 is 14.5. The predicted octanol–water partition coefficient (Wildman–Crippen LogP) is 2.18. The second-order valence-electron chi connectivity index (χ2n) is 6.90. The van der Waals surface area contributed by atoms with Crippen molar-refractivity contribution in [3.63, 3.8) is 0 Å². The summed E-state index contributed by atoms with van der Waals surface area (Å²) in [4.78, 5) is 35.7. The van der Waals surface area contributed by atoms with Gasteiger partial charge in [0.2, 0.25) is 0 Å². The number of nitrogen functional groups attached to an aromatic ring is 1. The number of nitrogens with zero attached hydrogens (tertiary/aromatic N) is 5. The van der Waals surface area contributed by atoms with E-state index in [9.17, 15) is 14.0 Å². The van der Waals surface area contributed by atoms with Crippen LogP contribution in [0.2, 0.25) is 0 Å². The van der Waals surface area contributed by atoms with Gasteiger partial charge in [-0.05, 0) is 44.0 Å². The number of aromatic nitrogens is 4. The normalized spacial score (nSPS) is 16.2. The molecule has 1 saturated heterocycles. The highest BCUT2D eigenvalue weighted by molar-refractivity contribution is 6.06. The lowest BCUT2D eigenvalue weighted by molar-refractivity contribution is 0.0667. The van der Waals surface area contributed by atoms with E-state index in [1.54, 1.807) is 6.92 Å². The molecule has 0 aliphatic carbocycles. The van der Waals surface area contributed by atoms with Gasteiger partial charge in [-0.3, -0.25) is 14.6 Å². The first-order chi connectivity index (χ1) is 14.0. The van der Waals surface area contributed by atoms with Crippen molar-refractivity contribution in [2.75, 3.05) is 12.3 Å². The van der Waals surface area contributed by atoms with E-state index in [0.717, 1.165) is 0 Å². The second-order valence-corrected chi connectivity index (χ2v) is 6.90. The Kier molecular flexibility index (Phi) is 4.79. The first kappa shape index (κ1) is 18.7. The first-order valence-electron chi connectivity index (χ1n) is 9.19. The van der Waals surface area contributed by atoms with E-state index < -0.39 is 6.04 Å². The van der Waals surface area contributed by atoms with Gasteiger partial charge in [0.1, 0.15) is 17.3 Å². The van der Waals surface area contributed by atoms with Crippen LogP contribution in [-0.4, -0.2) is 48.9 Å². The Balaban J connectivity index is 1.59. The van der Waals surface area contributed by atoms with Crippen LogP contribution in [0.25, 0.3) is 5.69 Å². The molecule has 1 fully saturated rings. The van der Waals surface area contributed by atoms with Crippen LogP contribution in [0.4, 0.5) is 10.2 Å². The third-order valence-electron chi connectivity index (χ3n) is 4.96. The van der Waals surface area contributed by atoms with Gasteiger partial charge in [-0.1, -0.05) is 0 Å². The summed E-state index contributed by atoms with van der Waals surface area (Å²) in [7, 11) is 0. The lowest BCUT2D eigenvalue weighted by Crippen LogP contribution is -2.41. The Labute approximate surface area is 166 Å². The molecule has 4 rings (SSSR count). The zero-order valence-electron chi connectivity index (χ0n) is 15.7. The Morgan fingerprint density at radius 1 is 1.14 bits per heavy atom. The molecular weight excluding hydrogens is 375 g/mol. The van der Waals surface area contributed by atoms with Gasteiger partial charge < -0.3 is 10.6 Å². The fourth-order valence-electron chi connectivity index (χ4n) is 3.45. The molecule has 0 unspecified atom stereocenters. The van der Waals surface area contributed by atoms with Crippen LogP contribution in [0.5, 0.6) is 0 Å². The number of aryl methyl sites for hydroxylation is 1. The van der Waals surface area contributed by atoms with Crippen molar-refractivity contribution in [3.05, 3.63) is 65.6 Å². The number of rotatable bonds is 4. The number of ketones is 1. The average molecular weight is 394 g/mol. The predicted molar refractivity (Wildman–Crippen MR) is 103 cm³/mol. The van der Waals surface area contributed by atoms with Gasteiger partial charge in [0.15, 0.2) is 5.78 Å². The van der Waals surface area contributed by atoms with Crippen LogP contribution in [0.15, 0.2) is 42.9 Å².